The fourth-order valence-electron chi connectivity index (χ4n) is 2.48. The fraction of sp³-hybridized carbons (Fsp3) is 0.524. The number of carbonyl (C=O) groups excluding carboxylic acids is 1. The summed E-state index contributed by atoms with van der Waals surface area (Å²) in [6.45, 7) is 9.49. The first kappa shape index (κ1) is 21.1. The van der Waals surface area contributed by atoms with E-state index in [1.54, 1.807) is 6.20 Å². The van der Waals surface area contributed by atoms with Gasteiger partial charge in [-0.25, -0.2) is 0 Å². The van der Waals surface area contributed by atoms with Crippen LogP contribution in [0.5, 0.6) is 0 Å². The molecule has 4 nitrogen and oxygen atoms in total. The molecule has 0 aliphatic heterocycles. The van der Waals surface area contributed by atoms with E-state index in [9.17, 15) is 9.59 Å². The van der Waals surface area contributed by atoms with E-state index in [-0.39, 0.29) is 11.0 Å². The lowest BCUT2D eigenvalue weighted by Crippen LogP contribution is -2.14. The summed E-state index contributed by atoms with van der Waals surface area (Å²) < 4.78 is 2.07. The summed E-state index contributed by atoms with van der Waals surface area (Å²) in [6, 6.07) is 6.29. The number of aromatic nitrogens is 1. The van der Waals surface area contributed by atoms with Gasteiger partial charge in [0.1, 0.15) is 0 Å². The topological polar surface area (TPSA) is 51.1 Å². The molecule has 0 unspecified atom stereocenters. The quantitative estimate of drug-likeness (QED) is 0.832. The third kappa shape index (κ3) is 6.13. The second kappa shape index (κ2) is 10.8. The van der Waals surface area contributed by atoms with E-state index >= 15 is 0 Å². The maximum Gasteiger partial charge on any atom is 0.199 e. The SMILES string of the molecule is CCC.CCCNC.Cc1ccc2c(c1)c(=O)c(C=O)cn2C1CC1. The zero-order valence-electron chi connectivity index (χ0n) is 16.3. The molecule has 2 aromatic rings. The van der Waals surface area contributed by atoms with Crippen molar-refractivity contribution in [3.63, 3.8) is 0 Å². The molecular formula is C21H32N2O2. The number of nitrogens with zero attached hydrogens (tertiary/aromatic N) is 1. The van der Waals surface area contributed by atoms with Crippen molar-refractivity contribution in [3.8, 4) is 0 Å². The highest BCUT2D eigenvalue weighted by Gasteiger charge is 2.25. The minimum Gasteiger partial charge on any atom is -0.343 e. The Morgan fingerprint density at radius 1 is 1.24 bits per heavy atom. The van der Waals surface area contributed by atoms with Crippen LogP contribution in [0.1, 0.15) is 68.4 Å². The van der Waals surface area contributed by atoms with Gasteiger partial charge >= 0.3 is 0 Å². The molecule has 138 valence electrons. The molecule has 1 aliphatic rings. The van der Waals surface area contributed by atoms with Gasteiger partial charge in [-0.15, -0.1) is 0 Å². The number of fused-ring (bicyclic) bond motifs is 1. The number of pyridine rings is 1. The number of carbonyl (C=O) groups is 1. The van der Waals surface area contributed by atoms with Crippen LogP contribution in [-0.4, -0.2) is 24.4 Å². The van der Waals surface area contributed by atoms with Crippen molar-refractivity contribution in [3.05, 3.63) is 45.7 Å². The van der Waals surface area contributed by atoms with E-state index in [1.807, 2.05) is 32.2 Å². The van der Waals surface area contributed by atoms with Gasteiger partial charge in [0.05, 0.1) is 11.1 Å². The highest BCUT2D eigenvalue weighted by Crippen LogP contribution is 2.36. The molecule has 4 heteroatoms. The molecule has 1 aliphatic carbocycles. The van der Waals surface area contributed by atoms with Gasteiger partial charge in [-0.2, -0.15) is 0 Å². The first-order chi connectivity index (χ1) is 12.0. The molecule has 25 heavy (non-hydrogen) atoms. The van der Waals surface area contributed by atoms with Crippen LogP contribution in [0.15, 0.2) is 29.2 Å². The minimum absolute atomic E-state index is 0.157. The van der Waals surface area contributed by atoms with Crippen molar-refractivity contribution in [1.29, 1.82) is 0 Å². The summed E-state index contributed by atoms with van der Waals surface area (Å²) in [5.74, 6) is 0. The Labute approximate surface area is 151 Å². The first-order valence-electron chi connectivity index (χ1n) is 9.29. The summed E-state index contributed by atoms with van der Waals surface area (Å²) in [4.78, 5) is 23.0. The Hall–Kier alpha value is -1.94. The molecule has 0 bridgehead atoms. The maximum atomic E-state index is 12.1. The molecule has 0 saturated heterocycles. The number of hydrogen-bond acceptors (Lipinski definition) is 3. The van der Waals surface area contributed by atoms with E-state index in [1.165, 1.54) is 12.8 Å². The van der Waals surface area contributed by atoms with Gasteiger partial charge < -0.3 is 9.88 Å². The lowest BCUT2D eigenvalue weighted by atomic mass is 10.1. The number of aldehydes is 1. The van der Waals surface area contributed by atoms with Crippen LogP contribution >= 0.6 is 0 Å². The molecule has 1 heterocycles. The van der Waals surface area contributed by atoms with Gasteiger partial charge in [0.2, 0.25) is 0 Å². The third-order valence-corrected chi connectivity index (χ3v) is 3.78. The van der Waals surface area contributed by atoms with E-state index in [2.05, 4.69) is 30.7 Å². The molecule has 0 spiro atoms. The molecule has 0 radical (unpaired) electrons. The zero-order chi connectivity index (χ0) is 18.8. The summed E-state index contributed by atoms with van der Waals surface area (Å²) in [7, 11) is 1.96. The van der Waals surface area contributed by atoms with Gasteiger partial charge in [-0.05, 0) is 51.9 Å². The van der Waals surface area contributed by atoms with Crippen molar-refractivity contribution >= 4 is 17.2 Å². The van der Waals surface area contributed by atoms with Crippen LogP contribution in [0, 0.1) is 6.92 Å². The van der Waals surface area contributed by atoms with Crippen molar-refractivity contribution in [2.45, 2.75) is 59.4 Å². The molecule has 0 amide bonds. The van der Waals surface area contributed by atoms with Gasteiger partial charge in [-0.3, -0.25) is 9.59 Å². The predicted octanol–water partition coefficient (Wildman–Crippen LogP) is 4.49. The van der Waals surface area contributed by atoms with Crippen LogP contribution < -0.4 is 10.7 Å². The Bertz CT molecular complexity index is 728. The molecule has 1 aromatic carbocycles. The van der Waals surface area contributed by atoms with Crippen LogP contribution in [0.25, 0.3) is 10.9 Å². The molecular weight excluding hydrogens is 312 g/mol. The van der Waals surface area contributed by atoms with E-state index in [4.69, 9.17) is 0 Å². The Morgan fingerprint density at radius 3 is 2.32 bits per heavy atom. The van der Waals surface area contributed by atoms with Crippen LogP contribution in [0.3, 0.4) is 0 Å². The highest BCUT2D eigenvalue weighted by atomic mass is 16.1. The van der Waals surface area contributed by atoms with E-state index in [0.29, 0.717) is 17.7 Å². The van der Waals surface area contributed by atoms with Gasteiger partial charge in [0, 0.05) is 17.6 Å². The fourth-order valence-corrected chi connectivity index (χ4v) is 2.48. The number of aryl methyl sites for hydroxylation is 1. The monoisotopic (exact) mass is 344 g/mol. The molecule has 3 rings (SSSR count). The van der Waals surface area contributed by atoms with Gasteiger partial charge in [0.15, 0.2) is 11.7 Å². The van der Waals surface area contributed by atoms with Crippen molar-refractivity contribution in [2.75, 3.05) is 13.6 Å². The molecule has 1 fully saturated rings. The van der Waals surface area contributed by atoms with Crippen LogP contribution in [-0.2, 0) is 0 Å². The Morgan fingerprint density at radius 2 is 1.88 bits per heavy atom. The summed E-state index contributed by atoms with van der Waals surface area (Å²) >= 11 is 0. The van der Waals surface area contributed by atoms with E-state index < -0.39 is 0 Å². The van der Waals surface area contributed by atoms with Crippen molar-refractivity contribution < 1.29 is 4.79 Å². The number of hydrogen-bond donors (Lipinski definition) is 1. The van der Waals surface area contributed by atoms with Crippen molar-refractivity contribution in [1.82, 2.24) is 9.88 Å². The lowest BCUT2D eigenvalue weighted by molar-refractivity contribution is 0.112. The molecule has 1 saturated carbocycles. The number of nitrogens with one attached hydrogen (secondary N) is 1. The molecule has 1 aromatic heterocycles. The van der Waals surface area contributed by atoms with E-state index in [0.717, 1.165) is 30.5 Å². The number of rotatable bonds is 4. The molecule has 0 atom stereocenters. The normalized spacial score (nSPS) is 12.7. The van der Waals surface area contributed by atoms with Crippen molar-refractivity contribution in [2.24, 2.45) is 0 Å². The highest BCUT2D eigenvalue weighted by molar-refractivity contribution is 5.86. The lowest BCUT2D eigenvalue weighted by Gasteiger charge is -2.11. The second-order valence-corrected chi connectivity index (χ2v) is 6.50. The van der Waals surface area contributed by atoms with Gasteiger partial charge in [0.25, 0.3) is 0 Å². The van der Waals surface area contributed by atoms with Crippen LogP contribution in [0.2, 0.25) is 0 Å². The summed E-state index contributed by atoms with van der Waals surface area (Å²) in [6.07, 6.45) is 7.10. The first-order valence-corrected chi connectivity index (χ1v) is 9.29. The van der Waals surface area contributed by atoms with Gasteiger partial charge in [-0.1, -0.05) is 38.8 Å². The standard InChI is InChI=1S/C14H13NO2.C4H11N.C3H8/c1-9-2-5-13-12(6-9)14(17)10(8-16)7-15(13)11-3-4-11;1-3-4-5-2;1-3-2/h2,5-8,11H,3-4H2,1H3;5H,3-4H2,1-2H3;3H2,1-2H3. The maximum absolute atomic E-state index is 12.1. The summed E-state index contributed by atoms with van der Waals surface area (Å²) in [5, 5.41) is 3.67. The number of benzene rings is 1. The average molecular weight is 344 g/mol. The average Bonchev–Trinajstić information content (AvgIpc) is 3.43. The third-order valence-electron chi connectivity index (χ3n) is 3.78. The van der Waals surface area contributed by atoms with Crippen LogP contribution in [0.4, 0.5) is 0 Å². The smallest absolute Gasteiger partial charge is 0.199 e. The Kier molecular flexibility index (Phi) is 9.14. The second-order valence-electron chi connectivity index (χ2n) is 6.50. The minimum atomic E-state index is -0.157. The predicted molar refractivity (Wildman–Crippen MR) is 107 cm³/mol. The zero-order valence-corrected chi connectivity index (χ0v) is 16.3. The summed E-state index contributed by atoms with van der Waals surface area (Å²) in [5.41, 5.74) is 2.08. The largest absolute Gasteiger partial charge is 0.343 e. The molecule has 1 N–H and O–H groups in total. The Balaban J connectivity index is 0.000000333.